The Morgan fingerprint density at radius 2 is 2.00 bits per heavy atom. The molecule has 0 saturated heterocycles. The second-order valence-corrected chi connectivity index (χ2v) is 4.75. The summed E-state index contributed by atoms with van der Waals surface area (Å²) in [5.74, 6) is 1.04. The van der Waals surface area contributed by atoms with Crippen molar-refractivity contribution in [1.29, 1.82) is 0 Å². The molecule has 0 radical (unpaired) electrons. The van der Waals surface area contributed by atoms with Gasteiger partial charge in [0.05, 0.1) is 5.69 Å². The van der Waals surface area contributed by atoms with Crippen molar-refractivity contribution in [3.63, 3.8) is 0 Å². The molecule has 1 aliphatic carbocycles. The molecule has 76 valence electrons. The molecule has 2 rings (SSSR count). The Balaban J connectivity index is 2.46. The first-order chi connectivity index (χ1) is 6.59. The Labute approximate surface area is 91.1 Å². The van der Waals surface area contributed by atoms with E-state index < -0.39 is 0 Å². The maximum Gasteiger partial charge on any atom is 0.177 e. The van der Waals surface area contributed by atoms with Crippen molar-refractivity contribution in [3.05, 3.63) is 21.9 Å². The predicted molar refractivity (Wildman–Crippen MR) is 55.8 cm³/mol. The fourth-order valence-corrected chi connectivity index (χ4v) is 1.74. The van der Waals surface area contributed by atoms with Crippen molar-refractivity contribution in [2.75, 3.05) is 0 Å². The second kappa shape index (κ2) is 3.57. The number of hydrogen-bond acceptors (Lipinski definition) is 2. The first kappa shape index (κ1) is 10.0. The minimum Gasteiger partial charge on any atom is -0.234 e. The van der Waals surface area contributed by atoms with Gasteiger partial charge in [0, 0.05) is 5.92 Å². The first-order valence-electron chi connectivity index (χ1n) is 4.82. The molecule has 1 aliphatic rings. The lowest BCUT2D eigenvalue weighted by molar-refractivity contribution is 0.561. The Kier molecular flexibility index (Phi) is 2.56. The van der Waals surface area contributed by atoms with Crippen LogP contribution in [0.15, 0.2) is 4.60 Å². The molecule has 0 atom stereocenters. The number of nitrogens with zero attached hydrogens (tertiary/aromatic N) is 2. The summed E-state index contributed by atoms with van der Waals surface area (Å²) in [6.45, 7) is 3.88. The van der Waals surface area contributed by atoms with Gasteiger partial charge in [0.25, 0.3) is 0 Å². The number of hydrogen-bond donors (Lipinski definition) is 0. The third kappa shape index (κ3) is 1.80. The van der Waals surface area contributed by atoms with E-state index in [-0.39, 0.29) is 11.7 Å². The van der Waals surface area contributed by atoms with E-state index in [0.717, 1.165) is 18.7 Å². The van der Waals surface area contributed by atoms with Crippen LogP contribution in [0.4, 0.5) is 4.39 Å². The van der Waals surface area contributed by atoms with Crippen molar-refractivity contribution in [2.24, 2.45) is 0 Å². The summed E-state index contributed by atoms with van der Waals surface area (Å²) in [6, 6.07) is 0. The van der Waals surface area contributed by atoms with E-state index >= 15 is 0 Å². The molecular formula is C10H12BrFN2. The van der Waals surface area contributed by atoms with Crippen LogP contribution in [0.5, 0.6) is 0 Å². The fraction of sp³-hybridized carbons (Fsp3) is 0.600. The molecule has 1 saturated carbocycles. The zero-order valence-electron chi connectivity index (χ0n) is 8.22. The van der Waals surface area contributed by atoms with Crippen LogP contribution in [0.1, 0.15) is 50.0 Å². The molecule has 0 N–H and O–H groups in total. The van der Waals surface area contributed by atoms with Gasteiger partial charge in [-0.1, -0.05) is 13.8 Å². The van der Waals surface area contributed by atoms with Crippen molar-refractivity contribution in [2.45, 2.75) is 38.5 Å². The molecule has 0 aromatic carbocycles. The van der Waals surface area contributed by atoms with Gasteiger partial charge in [0.1, 0.15) is 10.4 Å². The summed E-state index contributed by atoms with van der Waals surface area (Å²) in [6.07, 6.45) is 2.27. The van der Waals surface area contributed by atoms with Gasteiger partial charge in [-0.05, 0) is 34.7 Å². The molecule has 14 heavy (non-hydrogen) atoms. The standard InChI is InChI=1S/C10H12BrFN2/c1-5(2)8-7(12)9(11)14-10(13-8)6-3-4-6/h5-6H,3-4H2,1-2H3. The molecule has 1 aromatic heterocycles. The van der Waals surface area contributed by atoms with Gasteiger partial charge >= 0.3 is 0 Å². The van der Waals surface area contributed by atoms with Crippen molar-refractivity contribution >= 4 is 15.9 Å². The highest BCUT2D eigenvalue weighted by Crippen LogP contribution is 2.39. The quantitative estimate of drug-likeness (QED) is 0.761. The lowest BCUT2D eigenvalue weighted by atomic mass is 10.1. The van der Waals surface area contributed by atoms with E-state index in [1.807, 2.05) is 13.8 Å². The summed E-state index contributed by atoms with van der Waals surface area (Å²) in [5.41, 5.74) is 0.522. The summed E-state index contributed by atoms with van der Waals surface area (Å²) in [5, 5.41) is 0. The average molecular weight is 259 g/mol. The summed E-state index contributed by atoms with van der Waals surface area (Å²) < 4.78 is 13.8. The molecule has 1 aromatic rings. The zero-order valence-corrected chi connectivity index (χ0v) is 9.81. The molecule has 1 fully saturated rings. The number of aromatic nitrogens is 2. The van der Waals surface area contributed by atoms with Crippen LogP contribution in [0, 0.1) is 5.82 Å². The maximum atomic E-state index is 13.5. The van der Waals surface area contributed by atoms with Gasteiger partial charge in [-0.3, -0.25) is 0 Å². The second-order valence-electron chi connectivity index (χ2n) is 4.00. The first-order valence-corrected chi connectivity index (χ1v) is 5.61. The Morgan fingerprint density at radius 3 is 2.50 bits per heavy atom. The van der Waals surface area contributed by atoms with Crippen LogP contribution in [-0.4, -0.2) is 9.97 Å². The van der Waals surface area contributed by atoms with Gasteiger partial charge < -0.3 is 0 Å². The zero-order chi connectivity index (χ0) is 10.3. The molecule has 2 nitrogen and oxygen atoms in total. The molecule has 4 heteroatoms. The van der Waals surface area contributed by atoms with Crippen LogP contribution < -0.4 is 0 Å². The molecule has 0 amide bonds. The van der Waals surface area contributed by atoms with E-state index in [1.165, 1.54) is 0 Å². The van der Waals surface area contributed by atoms with Crippen molar-refractivity contribution < 1.29 is 4.39 Å². The van der Waals surface area contributed by atoms with E-state index in [4.69, 9.17) is 0 Å². The monoisotopic (exact) mass is 258 g/mol. The van der Waals surface area contributed by atoms with Gasteiger partial charge in [-0.25, -0.2) is 14.4 Å². The highest BCUT2D eigenvalue weighted by molar-refractivity contribution is 9.10. The maximum absolute atomic E-state index is 13.5. The van der Waals surface area contributed by atoms with Crippen LogP contribution in [0.3, 0.4) is 0 Å². The third-order valence-electron chi connectivity index (χ3n) is 2.34. The van der Waals surface area contributed by atoms with Crippen LogP contribution in [0.2, 0.25) is 0 Å². The molecular weight excluding hydrogens is 247 g/mol. The minimum atomic E-state index is -0.315. The highest BCUT2D eigenvalue weighted by atomic mass is 79.9. The van der Waals surface area contributed by atoms with E-state index in [2.05, 4.69) is 25.9 Å². The molecule has 1 heterocycles. The predicted octanol–water partition coefficient (Wildman–Crippen LogP) is 3.38. The van der Waals surface area contributed by atoms with Crippen molar-refractivity contribution in [1.82, 2.24) is 9.97 Å². The fourth-order valence-electron chi connectivity index (χ4n) is 1.36. The summed E-state index contributed by atoms with van der Waals surface area (Å²) >= 11 is 3.14. The van der Waals surface area contributed by atoms with Gasteiger partial charge in [0.2, 0.25) is 0 Å². The van der Waals surface area contributed by atoms with Crippen LogP contribution in [0.25, 0.3) is 0 Å². The SMILES string of the molecule is CC(C)c1nc(C2CC2)nc(Br)c1F. The third-order valence-corrected chi connectivity index (χ3v) is 2.87. The topological polar surface area (TPSA) is 25.8 Å². The largest absolute Gasteiger partial charge is 0.234 e. The molecule has 0 bridgehead atoms. The minimum absolute atomic E-state index is 0.104. The Bertz CT molecular complexity index is 361. The van der Waals surface area contributed by atoms with Crippen molar-refractivity contribution in [3.8, 4) is 0 Å². The smallest absolute Gasteiger partial charge is 0.177 e. The normalized spacial score (nSPS) is 16.4. The molecule has 0 aliphatic heterocycles. The van der Waals surface area contributed by atoms with Crippen LogP contribution in [-0.2, 0) is 0 Å². The highest BCUT2D eigenvalue weighted by Gasteiger charge is 2.28. The Morgan fingerprint density at radius 1 is 1.36 bits per heavy atom. The number of rotatable bonds is 2. The average Bonchev–Trinajstić information content (AvgIpc) is 2.91. The van der Waals surface area contributed by atoms with Gasteiger partial charge in [0.15, 0.2) is 5.82 Å². The molecule has 0 unspecified atom stereocenters. The van der Waals surface area contributed by atoms with E-state index in [1.54, 1.807) is 0 Å². The van der Waals surface area contributed by atoms with Gasteiger partial charge in [-0.15, -0.1) is 0 Å². The van der Waals surface area contributed by atoms with Gasteiger partial charge in [-0.2, -0.15) is 0 Å². The van der Waals surface area contributed by atoms with E-state index in [0.29, 0.717) is 16.2 Å². The van der Waals surface area contributed by atoms with E-state index in [9.17, 15) is 4.39 Å². The Hall–Kier alpha value is -0.510. The number of halogens is 2. The summed E-state index contributed by atoms with van der Waals surface area (Å²) in [4.78, 5) is 8.39. The lowest BCUT2D eigenvalue weighted by Gasteiger charge is -2.08. The lowest BCUT2D eigenvalue weighted by Crippen LogP contribution is -2.05. The molecule has 0 spiro atoms. The van der Waals surface area contributed by atoms with Crippen LogP contribution >= 0.6 is 15.9 Å². The summed E-state index contributed by atoms with van der Waals surface area (Å²) in [7, 11) is 0.